The zero-order chi connectivity index (χ0) is 10.1. The minimum Gasteiger partial charge on any atom is -0.457 e. The lowest BCUT2D eigenvalue weighted by molar-refractivity contribution is 0.433. The number of nitrogens with zero attached hydrogens (tertiary/aromatic N) is 1. The van der Waals surface area contributed by atoms with Crippen LogP contribution >= 0.6 is 15.9 Å². The van der Waals surface area contributed by atoms with Crippen molar-refractivity contribution < 1.29 is 8.94 Å². The first kappa shape index (κ1) is 9.33. The van der Waals surface area contributed by atoms with E-state index in [0.29, 0.717) is 16.2 Å². The summed E-state index contributed by atoms with van der Waals surface area (Å²) in [5.41, 5.74) is 7.41. The Balaban J connectivity index is 2.57. The number of halogens is 1. The van der Waals surface area contributed by atoms with Crippen molar-refractivity contribution in [3.8, 4) is 11.3 Å². The molecule has 4 nitrogen and oxygen atoms in total. The van der Waals surface area contributed by atoms with E-state index in [-0.39, 0.29) is 0 Å². The van der Waals surface area contributed by atoms with Crippen molar-refractivity contribution >= 4 is 21.7 Å². The standard InChI is InChI=1S/C9H9BrN2O2/c1-2-5-7(14-12-9(5)11)6-3-4-13-8(6)10/h3-4H,2H2,1H3,(H2,11,12). The second kappa shape index (κ2) is 3.49. The average molecular weight is 257 g/mol. The fourth-order valence-corrected chi connectivity index (χ4v) is 1.75. The van der Waals surface area contributed by atoms with Gasteiger partial charge in [0.2, 0.25) is 0 Å². The van der Waals surface area contributed by atoms with Crippen molar-refractivity contribution in [3.63, 3.8) is 0 Å². The molecule has 0 saturated carbocycles. The second-order valence-electron chi connectivity index (χ2n) is 2.84. The van der Waals surface area contributed by atoms with Crippen molar-refractivity contribution in [2.75, 3.05) is 5.73 Å². The molecule has 0 atom stereocenters. The van der Waals surface area contributed by atoms with Gasteiger partial charge >= 0.3 is 0 Å². The molecule has 0 spiro atoms. The van der Waals surface area contributed by atoms with Gasteiger partial charge in [0, 0.05) is 5.56 Å². The molecule has 0 amide bonds. The van der Waals surface area contributed by atoms with Crippen LogP contribution in [0.3, 0.4) is 0 Å². The van der Waals surface area contributed by atoms with Crippen molar-refractivity contribution in [1.82, 2.24) is 5.16 Å². The molecule has 0 fully saturated rings. The van der Waals surface area contributed by atoms with Crippen molar-refractivity contribution in [2.45, 2.75) is 13.3 Å². The Kier molecular flexibility index (Phi) is 2.33. The number of nitrogen functional groups attached to an aromatic ring is 1. The molecule has 0 aliphatic carbocycles. The van der Waals surface area contributed by atoms with E-state index >= 15 is 0 Å². The van der Waals surface area contributed by atoms with Gasteiger partial charge in [-0.05, 0) is 28.4 Å². The van der Waals surface area contributed by atoms with E-state index in [4.69, 9.17) is 14.7 Å². The lowest BCUT2D eigenvalue weighted by Gasteiger charge is -1.95. The van der Waals surface area contributed by atoms with Crippen molar-refractivity contribution in [1.29, 1.82) is 0 Å². The molecule has 2 aromatic rings. The summed E-state index contributed by atoms with van der Waals surface area (Å²) in [6.45, 7) is 2.00. The molecular formula is C9H9BrN2O2. The molecule has 0 aliphatic rings. The molecule has 0 aromatic carbocycles. The summed E-state index contributed by atoms with van der Waals surface area (Å²) < 4.78 is 10.9. The lowest BCUT2D eigenvalue weighted by atomic mass is 10.1. The first-order valence-electron chi connectivity index (χ1n) is 4.21. The Labute approximate surface area is 89.2 Å². The van der Waals surface area contributed by atoms with E-state index in [1.165, 1.54) is 0 Å². The van der Waals surface area contributed by atoms with E-state index in [0.717, 1.165) is 17.5 Å². The van der Waals surface area contributed by atoms with Gasteiger partial charge < -0.3 is 14.7 Å². The molecule has 0 unspecified atom stereocenters. The van der Waals surface area contributed by atoms with Crippen LogP contribution in [0.2, 0.25) is 0 Å². The Morgan fingerprint density at radius 1 is 1.57 bits per heavy atom. The van der Waals surface area contributed by atoms with Gasteiger partial charge in [-0.3, -0.25) is 0 Å². The van der Waals surface area contributed by atoms with Crippen molar-refractivity contribution in [3.05, 3.63) is 22.6 Å². The number of hydrogen-bond acceptors (Lipinski definition) is 4. The summed E-state index contributed by atoms with van der Waals surface area (Å²) >= 11 is 3.28. The summed E-state index contributed by atoms with van der Waals surface area (Å²) in [5.74, 6) is 1.11. The quantitative estimate of drug-likeness (QED) is 0.898. The number of anilines is 1. The number of hydrogen-bond donors (Lipinski definition) is 1. The van der Waals surface area contributed by atoms with Gasteiger partial charge in [-0.1, -0.05) is 12.1 Å². The maximum Gasteiger partial charge on any atom is 0.180 e. The Hall–Kier alpha value is -1.23. The van der Waals surface area contributed by atoms with Crippen LogP contribution in [-0.4, -0.2) is 5.16 Å². The van der Waals surface area contributed by atoms with Crippen LogP contribution in [0.4, 0.5) is 5.82 Å². The Morgan fingerprint density at radius 3 is 2.93 bits per heavy atom. The van der Waals surface area contributed by atoms with Crippen LogP contribution in [-0.2, 0) is 6.42 Å². The molecule has 0 bridgehead atoms. The summed E-state index contributed by atoms with van der Waals surface area (Å²) in [6.07, 6.45) is 2.36. The summed E-state index contributed by atoms with van der Waals surface area (Å²) in [7, 11) is 0. The number of aromatic nitrogens is 1. The fourth-order valence-electron chi connectivity index (χ4n) is 1.33. The van der Waals surface area contributed by atoms with Gasteiger partial charge in [-0.15, -0.1) is 0 Å². The third-order valence-corrected chi connectivity index (χ3v) is 2.65. The maximum absolute atomic E-state index is 5.66. The zero-order valence-electron chi connectivity index (χ0n) is 7.58. The maximum atomic E-state index is 5.66. The smallest absolute Gasteiger partial charge is 0.180 e. The normalized spacial score (nSPS) is 10.7. The lowest BCUT2D eigenvalue weighted by Crippen LogP contribution is -1.90. The van der Waals surface area contributed by atoms with Crippen LogP contribution in [0, 0.1) is 0 Å². The van der Waals surface area contributed by atoms with Crippen molar-refractivity contribution in [2.24, 2.45) is 0 Å². The predicted molar refractivity (Wildman–Crippen MR) is 55.7 cm³/mol. The van der Waals surface area contributed by atoms with Gasteiger partial charge in [-0.25, -0.2) is 0 Å². The van der Waals surface area contributed by atoms with Crippen LogP contribution < -0.4 is 5.73 Å². The van der Waals surface area contributed by atoms with E-state index in [2.05, 4.69) is 21.1 Å². The monoisotopic (exact) mass is 256 g/mol. The van der Waals surface area contributed by atoms with Crippen LogP contribution in [0.1, 0.15) is 12.5 Å². The SMILES string of the molecule is CCc1c(N)noc1-c1ccoc1Br. The first-order valence-corrected chi connectivity index (χ1v) is 5.00. The van der Waals surface area contributed by atoms with E-state index in [1.54, 1.807) is 6.26 Å². The highest BCUT2D eigenvalue weighted by Crippen LogP contribution is 2.34. The van der Waals surface area contributed by atoms with E-state index in [9.17, 15) is 0 Å². The number of nitrogens with two attached hydrogens (primary N) is 1. The molecule has 14 heavy (non-hydrogen) atoms. The van der Waals surface area contributed by atoms with Gasteiger partial charge in [0.25, 0.3) is 0 Å². The highest BCUT2D eigenvalue weighted by molar-refractivity contribution is 9.10. The molecule has 0 aliphatic heterocycles. The topological polar surface area (TPSA) is 65.2 Å². The average Bonchev–Trinajstić information content (AvgIpc) is 2.71. The number of rotatable bonds is 2. The number of furan rings is 1. The summed E-state index contributed by atoms with van der Waals surface area (Å²) in [6, 6.07) is 1.81. The van der Waals surface area contributed by atoms with E-state index in [1.807, 2.05) is 13.0 Å². The summed E-state index contributed by atoms with van der Waals surface area (Å²) in [5, 5.41) is 3.72. The summed E-state index contributed by atoms with van der Waals surface area (Å²) in [4.78, 5) is 0. The molecule has 2 aromatic heterocycles. The largest absolute Gasteiger partial charge is 0.457 e. The molecule has 0 radical (unpaired) electrons. The van der Waals surface area contributed by atoms with Crippen LogP contribution in [0.25, 0.3) is 11.3 Å². The van der Waals surface area contributed by atoms with Gasteiger partial charge in [0.05, 0.1) is 11.8 Å². The fraction of sp³-hybridized carbons (Fsp3) is 0.222. The highest BCUT2D eigenvalue weighted by atomic mass is 79.9. The molecular weight excluding hydrogens is 248 g/mol. The Morgan fingerprint density at radius 2 is 2.36 bits per heavy atom. The molecule has 0 saturated heterocycles. The highest BCUT2D eigenvalue weighted by Gasteiger charge is 2.17. The van der Waals surface area contributed by atoms with Gasteiger partial charge in [0.1, 0.15) is 0 Å². The van der Waals surface area contributed by atoms with Crippen LogP contribution in [0.5, 0.6) is 0 Å². The Bertz CT molecular complexity index is 447. The predicted octanol–water partition coefficient (Wildman–Crippen LogP) is 2.84. The van der Waals surface area contributed by atoms with Gasteiger partial charge in [-0.2, -0.15) is 0 Å². The molecule has 2 rings (SSSR count). The van der Waals surface area contributed by atoms with E-state index < -0.39 is 0 Å². The minimum absolute atomic E-state index is 0.440. The molecule has 2 heterocycles. The second-order valence-corrected chi connectivity index (χ2v) is 3.56. The molecule has 74 valence electrons. The van der Waals surface area contributed by atoms with Gasteiger partial charge in [0.15, 0.2) is 16.2 Å². The third kappa shape index (κ3) is 1.33. The third-order valence-electron chi connectivity index (χ3n) is 2.03. The zero-order valence-corrected chi connectivity index (χ0v) is 9.17. The van der Waals surface area contributed by atoms with Crippen LogP contribution in [0.15, 0.2) is 25.9 Å². The minimum atomic E-state index is 0.440. The first-order chi connectivity index (χ1) is 6.74. The molecule has 2 N–H and O–H groups in total. The molecule has 5 heteroatoms.